The Morgan fingerprint density at radius 3 is 2.33 bits per heavy atom. The highest BCUT2D eigenvalue weighted by Crippen LogP contribution is 1.86. The second-order valence-electron chi connectivity index (χ2n) is 3.50. The molecular formula is C11H24N2OS. The summed E-state index contributed by atoms with van der Waals surface area (Å²) in [5, 5.41) is 7.00. The smallest absolute Gasteiger partial charge is 0.166 e. The van der Waals surface area contributed by atoms with Crippen LogP contribution in [0.25, 0.3) is 0 Å². The van der Waals surface area contributed by atoms with Gasteiger partial charge in [0, 0.05) is 19.7 Å². The summed E-state index contributed by atoms with van der Waals surface area (Å²) in [7, 11) is 0. The lowest BCUT2D eigenvalue weighted by Crippen LogP contribution is -2.37. The highest BCUT2D eigenvalue weighted by Gasteiger charge is 1.93. The van der Waals surface area contributed by atoms with E-state index in [2.05, 4.69) is 24.5 Å². The summed E-state index contributed by atoms with van der Waals surface area (Å²) in [4.78, 5) is 0. The predicted octanol–water partition coefficient (Wildman–Crippen LogP) is 2.07. The third-order valence-corrected chi connectivity index (χ3v) is 2.28. The molecule has 0 unspecified atom stereocenters. The molecule has 0 aliphatic rings. The maximum Gasteiger partial charge on any atom is 0.166 e. The number of rotatable bonds is 9. The van der Waals surface area contributed by atoms with E-state index >= 15 is 0 Å². The number of ether oxygens (including phenoxy) is 1. The fraction of sp³-hybridized carbons (Fsp3) is 0.909. The molecule has 0 aromatic rings. The summed E-state index contributed by atoms with van der Waals surface area (Å²) in [6, 6.07) is 0. The van der Waals surface area contributed by atoms with Crippen LogP contribution < -0.4 is 10.6 Å². The maximum absolute atomic E-state index is 5.40. The SMILES string of the molecule is CCCCNC(=S)NCCOCCCC. The molecule has 0 amide bonds. The van der Waals surface area contributed by atoms with E-state index in [0.717, 1.165) is 44.3 Å². The molecule has 4 heteroatoms. The largest absolute Gasteiger partial charge is 0.380 e. The van der Waals surface area contributed by atoms with Gasteiger partial charge < -0.3 is 15.4 Å². The third kappa shape index (κ3) is 11.6. The van der Waals surface area contributed by atoms with Gasteiger partial charge in [0.25, 0.3) is 0 Å². The maximum atomic E-state index is 5.40. The molecule has 0 saturated heterocycles. The first-order valence-electron chi connectivity index (χ1n) is 5.90. The van der Waals surface area contributed by atoms with Crippen molar-refractivity contribution in [1.82, 2.24) is 10.6 Å². The van der Waals surface area contributed by atoms with Gasteiger partial charge in [-0.15, -0.1) is 0 Å². The quantitative estimate of drug-likeness (QED) is 0.471. The number of hydrogen-bond donors (Lipinski definition) is 2. The molecule has 0 saturated carbocycles. The van der Waals surface area contributed by atoms with Crippen molar-refractivity contribution in [3.63, 3.8) is 0 Å². The number of thiocarbonyl (C=S) groups is 1. The van der Waals surface area contributed by atoms with E-state index in [1.54, 1.807) is 0 Å². The molecule has 0 aromatic carbocycles. The first-order valence-corrected chi connectivity index (χ1v) is 6.31. The van der Waals surface area contributed by atoms with Crippen LogP contribution in [0.5, 0.6) is 0 Å². The van der Waals surface area contributed by atoms with Gasteiger partial charge in [-0.3, -0.25) is 0 Å². The Labute approximate surface area is 99.0 Å². The van der Waals surface area contributed by atoms with Crippen molar-refractivity contribution in [2.45, 2.75) is 39.5 Å². The first-order chi connectivity index (χ1) is 7.31. The Hall–Kier alpha value is -0.350. The van der Waals surface area contributed by atoms with Crippen molar-refractivity contribution in [1.29, 1.82) is 0 Å². The van der Waals surface area contributed by atoms with E-state index in [-0.39, 0.29) is 0 Å². The average Bonchev–Trinajstić information content (AvgIpc) is 2.23. The average molecular weight is 232 g/mol. The summed E-state index contributed by atoms with van der Waals surface area (Å²) >= 11 is 5.09. The minimum atomic E-state index is 0.732. The second-order valence-corrected chi connectivity index (χ2v) is 3.91. The minimum absolute atomic E-state index is 0.732. The van der Waals surface area contributed by atoms with Crippen molar-refractivity contribution in [2.24, 2.45) is 0 Å². The van der Waals surface area contributed by atoms with E-state index in [1.807, 2.05) is 0 Å². The van der Waals surface area contributed by atoms with Crippen LogP contribution in [0.15, 0.2) is 0 Å². The molecule has 0 bridgehead atoms. The first kappa shape index (κ1) is 14.6. The zero-order valence-electron chi connectivity index (χ0n) is 9.97. The van der Waals surface area contributed by atoms with Gasteiger partial charge in [-0.2, -0.15) is 0 Å². The Balaban J connectivity index is 3.10. The normalized spacial score (nSPS) is 10.0. The van der Waals surface area contributed by atoms with E-state index in [4.69, 9.17) is 17.0 Å². The molecule has 15 heavy (non-hydrogen) atoms. The monoisotopic (exact) mass is 232 g/mol. The highest BCUT2D eigenvalue weighted by molar-refractivity contribution is 7.80. The molecule has 2 N–H and O–H groups in total. The summed E-state index contributed by atoms with van der Waals surface area (Å²) < 4.78 is 5.40. The fourth-order valence-electron chi connectivity index (χ4n) is 1.03. The molecule has 0 fully saturated rings. The fourth-order valence-corrected chi connectivity index (χ4v) is 1.23. The lowest BCUT2D eigenvalue weighted by Gasteiger charge is -2.10. The standard InChI is InChI=1S/C11H24N2OS/c1-3-5-7-12-11(15)13-8-10-14-9-6-4-2/h3-10H2,1-2H3,(H2,12,13,15). The number of nitrogens with one attached hydrogen (secondary N) is 2. The topological polar surface area (TPSA) is 33.3 Å². The van der Waals surface area contributed by atoms with Gasteiger partial charge in [-0.25, -0.2) is 0 Å². The Morgan fingerprint density at radius 2 is 1.67 bits per heavy atom. The molecule has 0 spiro atoms. The molecule has 0 rings (SSSR count). The molecule has 0 aromatic heterocycles. The number of unbranched alkanes of at least 4 members (excludes halogenated alkanes) is 2. The van der Waals surface area contributed by atoms with E-state index in [0.29, 0.717) is 0 Å². The Kier molecular flexibility index (Phi) is 11.4. The van der Waals surface area contributed by atoms with E-state index in [9.17, 15) is 0 Å². The predicted molar refractivity (Wildman–Crippen MR) is 69.2 cm³/mol. The summed E-state index contributed by atoms with van der Waals surface area (Å²) in [6.07, 6.45) is 4.67. The van der Waals surface area contributed by atoms with Gasteiger partial charge in [0.05, 0.1) is 6.61 Å². The number of hydrogen-bond acceptors (Lipinski definition) is 2. The summed E-state index contributed by atoms with van der Waals surface area (Å²) in [5.41, 5.74) is 0. The lowest BCUT2D eigenvalue weighted by atomic mass is 10.3. The molecule has 3 nitrogen and oxygen atoms in total. The van der Waals surface area contributed by atoms with Crippen LogP contribution in [0.4, 0.5) is 0 Å². The molecule has 90 valence electrons. The Morgan fingerprint density at radius 1 is 1.00 bits per heavy atom. The minimum Gasteiger partial charge on any atom is -0.380 e. The van der Waals surface area contributed by atoms with Gasteiger partial charge in [0.1, 0.15) is 0 Å². The van der Waals surface area contributed by atoms with Crippen molar-refractivity contribution in [2.75, 3.05) is 26.3 Å². The molecule has 0 atom stereocenters. The van der Waals surface area contributed by atoms with Crippen LogP contribution in [0.1, 0.15) is 39.5 Å². The van der Waals surface area contributed by atoms with Crippen LogP contribution in [0, 0.1) is 0 Å². The molecular weight excluding hydrogens is 208 g/mol. The van der Waals surface area contributed by atoms with Crippen molar-refractivity contribution in [3.8, 4) is 0 Å². The lowest BCUT2D eigenvalue weighted by molar-refractivity contribution is 0.136. The van der Waals surface area contributed by atoms with Gasteiger partial charge in [-0.1, -0.05) is 26.7 Å². The summed E-state index contributed by atoms with van der Waals surface area (Å²) in [5.74, 6) is 0. The van der Waals surface area contributed by atoms with Gasteiger partial charge in [-0.05, 0) is 25.1 Å². The van der Waals surface area contributed by atoms with E-state index in [1.165, 1.54) is 12.8 Å². The van der Waals surface area contributed by atoms with E-state index < -0.39 is 0 Å². The van der Waals surface area contributed by atoms with Crippen LogP contribution in [0.2, 0.25) is 0 Å². The third-order valence-electron chi connectivity index (χ3n) is 1.99. The molecule has 0 aliphatic carbocycles. The van der Waals surface area contributed by atoms with Crippen LogP contribution in [-0.2, 0) is 4.74 Å². The van der Waals surface area contributed by atoms with Gasteiger partial charge >= 0.3 is 0 Å². The highest BCUT2D eigenvalue weighted by atomic mass is 32.1. The summed E-state index contributed by atoms with van der Waals surface area (Å²) in [6.45, 7) is 7.67. The second kappa shape index (κ2) is 11.7. The molecule has 0 aliphatic heterocycles. The Bertz CT molecular complexity index is 154. The van der Waals surface area contributed by atoms with Crippen molar-refractivity contribution < 1.29 is 4.74 Å². The van der Waals surface area contributed by atoms with Crippen LogP contribution in [0.3, 0.4) is 0 Å². The zero-order chi connectivity index (χ0) is 11.4. The molecule has 0 heterocycles. The molecule has 0 radical (unpaired) electrons. The van der Waals surface area contributed by atoms with Gasteiger partial charge in [0.2, 0.25) is 0 Å². The van der Waals surface area contributed by atoms with Crippen molar-refractivity contribution >= 4 is 17.3 Å². The van der Waals surface area contributed by atoms with Crippen molar-refractivity contribution in [3.05, 3.63) is 0 Å². The van der Waals surface area contributed by atoms with Gasteiger partial charge in [0.15, 0.2) is 5.11 Å². The van der Waals surface area contributed by atoms with Crippen LogP contribution in [-0.4, -0.2) is 31.4 Å². The zero-order valence-corrected chi connectivity index (χ0v) is 10.8. The van der Waals surface area contributed by atoms with Crippen LogP contribution >= 0.6 is 12.2 Å².